The minimum atomic E-state index is -0.589. The molecule has 86 valence electrons. The number of carbonyl (C=O) groups is 2. The Hall–Kier alpha value is -2.05. The van der Waals surface area contributed by atoms with Gasteiger partial charge in [-0.25, -0.2) is 4.68 Å². The summed E-state index contributed by atoms with van der Waals surface area (Å²) < 4.78 is 6.94. The molecule has 1 aliphatic rings. The van der Waals surface area contributed by atoms with Gasteiger partial charge in [-0.2, -0.15) is 5.10 Å². The van der Waals surface area contributed by atoms with Crippen molar-refractivity contribution in [2.45, 2.75) is 13.0 Å². The van der Waals surface area contributed by atoms with Crippen LogP contribution in [0.3, 0.4) is 0 Å². The number of nitrogens with zero attached hydrogens (tertiary/aromatic N) is 2. The van der Waals surface area contributed by atoms with Crippen molar-refractivity contribution < 1.29 is 14.3 Å². The van der Waals surface area contributed by atoms with E-state index in [0.29, 0.717) is 12.5 Å². The molecule has 3 N–H and O–H groups in total. The van der Waals surface area contributed by atoms with Crippen molar-refractivity contribution in [3.05, 3.63) is 11.8 Å². The molecule has 7 heteroatoms. The highest BCUT2D eigenvalue weighted by Gasteiger charge is 2.17. The van der Waals surface area contributed by atoms with E-state index in [1.807, 2.05) is 0 Å². The van der Waals surface area contributed by atoms with Gasteiger partial charge < -0.3 is 15.8 Å². The van der Waals surface area contributed by atoms with Crippen LogP contribution in [0, 0.1) is 0 Å². The molecule has 16 heavy (non-hydrogen) atoms. The van der Waals surface area contributed by atoms with Gasteiger partial charge >= 0.3 is 0 Å². The second-order valence-corrected chi connectivity index (χ2v) is 3.44. The van der Waals surface area contributed by atoms with Crippen LogP contribution in [0.5, 0.6) is 5.88 Å². The number of carbonyl (C=O) groups excluding carboxylic acids is 2. The van der Waals surface area contributed by atoms with Crippen molar-refractivity contribution in [2.75, 3.05) is 13.2 Å². The van der Waals surface area contributed by atoms with Gasteiger partial charge in [-0.3, -0.25) is 9.59 Å². The number of aryl methyl sites for hydroxylation is 1. The Morgan fingerprint density at radius 3 is 3.12 bits per heavy atom. The molecule has 0 bridgehead atoms. The Bertz CT molecular complexity index is 403. The van der Waals surface area contributed by atoms with E-state index in [4.69, 9.17) is 10.5 Å². The van der Waals surface area contributed by atoms with Crippen LogP contribution in [-0.4, -0.2) is 34.7 Å². The largest absolute Gasteiger partial charge is 0.478 e. The Kier molecular flexibility index (Phi) is 2.76. The third-order valence-corrected chi connectivity index (χ3v) is 2.16. The summed E-state index contributed by atoms with van der Waals surface area (Å²) >= 11 is 0. The van der Waals surface area contributed by atoms with E-state index in [-0.39, 0.29) is 12.2 Å². The molecule has 0 aromatic carbocycles. The predicted octanol–water partition coefficient (Wildman–Crippen LogP) is -1.12. The van der Waals surface area contributed by atoms with Gasteiger partial charge in [0, 0.05) is 19.0 Å². The Morgan fingerprint density at radius 1 is 1.62 bits per heavy atom. The summed E-state index contributed by atoms with van der Waals surface area (Å²) in [6.07, 6.45) is 0.872. The molecular weight excluding hydrogens is 212 g/mol. The Balaban J connectivity index is 2.06. The maximum absolute atomic E-state index is 11.5. The second-order valence-electron chi connectivity index (χ2n) is 3.44. The zero-order valence-corrected chi connectivity index (χ0v) is 8.60. The first-order valence-corrected chi connectivity index (χ1v) is 4.94. The van der Waals surface area contributed by atoms with E-state index in [9.17, 15) is 9.59 Å². The molecule has 0 saturated heterocycles. The summed E-state index contributed by atoms with van der Waals surface area (Å²) in [7, 11) is 0. The molecule has 0 radical (unpaired) electrons. The molecule has 0 atom stereocenters. The highest BCUT2D eigenvalue weighted by molar-refractivity contribution is 5.94. The minimum Gasteiger partial charge on any atom is -0.478 e. The summed E-state index contributed by atoms with van der Waals surface area (Å²) in [5.41, 5.74) is 5.15. The van der Waals surface area contributed by atoms with Gasteiger partial charge in [0.25, 0.3) is 5.91 Å². The van der Waals surface area contributed by atoms with E-state index >= 15 is 0 Å². The van der Waals surface area contributed by atoms with Crippen molar-refractivity contribution in [3.8, 4) is 5.88 Å². The molecule has 2 rings (SSSR count). The van der Waals surface area contributed by atoms with Crippen LogP contribution in [0.25, 0.3) is 0 Å². The van der Waals surface area contributed by atoms with E-state index < -0.39 is 11.8 Å². The SMILES string of the molecule is NC(=O)CNC(=O)c1cc2n(n1)CCCO2. The van der Waals surface area contributed by atoms with Gasteiger partial charge in [-0.1, -0.05) is 0 Å². The van der Waals surface area contributed by atoms with Crippen molar-refractivity contribution in [1.82, 2.24) is 15.1 Å². The molecular formula is C9H12N4O3. The van der Waals surface area contributed by atoms with Crippen LogP contribution < -0.4 is 15.8 Å². The van der Waals surface area contributed by atoms with Gasteiger partial charge in [-0.15, -0.1) is 0 Å². The molecule has 1 aromatic heterocycles. The van der Waals surface area contributed by atoms with Gasteiger partial charge in [0.05, 0.1) is 13.2 Å². The average Bonchev–Trinajstić information content (AvgIpc) is 2.69. The number of primary amides is 1. The maximum Gasteiger partial charge on any atom is 0.272 e. The molecule has 0 spiro atoms. The summed E-state index contributed by atoms with van der Waals surface area (Å²) in [6.45, 7) is 1.17. The first kappa shape index (κ1) is 10.5. The third kappa shape index (κ3) is 2.13. The quantitative estimate of drug-likeness (QED) is 0.679. The van der Waals surface area contributed by atoms with E-state index in [2.05, 4.69) is 10.4 Å². The van der Waals surface area contributed by atoms with Crippen LogP contribution >= 0.6 is 0 Å². The molecule has 2 heterocycles. The fourth-order valence-electron chi connectivity index (χ4n) is 1.44. The van der Waals surface area contributed by atoms with Crippen molar-refractivity contribution in [3.63, 3.8) is 0 Å². The van der Waals surface area contributed by atoms with Crippen molar-refractivity contribution >= 4 is 11.8 Å². The van der Waals surface area contributed by atoms with Crippen LogP contribution in [0.4, 0.5) is 0 Å². The Morgan fingerprint density at radius 2 is 2.44 bits per heavy atom. The minimum absolute atomic E-state index is 0.193. The highest BCUT2D eigenvalue weighted by atomic mass is 16.5. The molecule has 7 nitrogen and oxygen atoms in total. The predicted molar refractivity (Wildman–Crippen MR) is 53.9 cm³/mol. The lowest BCUT2D eigenvalue weighted by molar-refractivity contribution is -0.117. The summed E-state index contributed by atoms with van der Waals surface area (Å²) in [5, 5.41) is 6.42. The maximum atomic E-state index is 11.5. The molecule has 0 aliphatic carbocycles. The van der Waals surface area contributed by atoms with E-state index in [1.54, 1.807) is 10.7 Å². The van der Waals surface area contributed by atoms with Crippen molar-refractivity contribution in [1.29, 1.82) is 0 Å². The smallest absolute Gasteiger partial charge is 0.272 e. The topological polar surface area (TPSA) is 99.2 Å². The standard InChI is InChI=1S/C9H12N4O3/c10-7(14)5-11-9(15)6-4-8-13(12-6)2-1-3-16-8/h4H,1-3,5H2,(H2,10,14)(H,11,15). The first-order chi connectivity index (χ1) is 7.66. The molecule has 1 aromatic rings. The summed E-state index contributed by atoms with van der Waals surface area (Å²) in [5.74, 6) is -0.437. The summed E-state index contributed by atoms with van der Waals surface area (Å²) in [4.78, 5) is 22.0. The van der Waals surface area contributed by atoms with Crippen LogP contribution in [0.1, 0.15) is 16.9 Å². The van der Waals surface area contributed by atoms with Crippen LogP contribution in [-0.2, 0) is 11.3 Å². The fraction of sp³-hybridized carbons (Fsp3) is 0.444. The number of fused-ring (bicyclic) bond motifs is 1. The summed E-state index contributed by atoms with van der Waals surface area (Å²) in [6, 6.07) is 1.55. The average molecular weight is 224 g/mol. The van der Waals surface area contributed by atoms with Gasteiger partial charge in [0.2, 0.25) is 11.8 Å². The zero-order valence-electron chi connectivity index (χ0n) is 8.60. The van der Waals surface area contributed by atoms with Gasteiger partial charge in [0.1, 0.15) is 0 Å². The van der Waals surface area contributed by atoms with Gasteiger partial charge in [-0.05, 0) is 0 Å². The lowest BCUT2D eigenvalue weighted by Gasteiger charge is -2.13. The number of amides is 2. The van der Waals surface area contributed by atoms with Crippen LogP contribution in [0.15, 0.2) is 6.07 Å². The normalized spacial score (nSPS) is 13.8. The number of hydrogen-bond acceptors (Lipinski definition) is 4. The number of rotatable bonds is 3. The number of aromatic nitrogens is 2. The fourth-order valence-corrected chi connectivity index (χ4v) is 1.44. The Labute approximate surface area is 91.5 Å². The van der Waals surface area contributed by atoms with Gasteiger partial charge in [0.15, 0.2) is 5.69 Å². The third-order valence-electron chi connectivity index (χ3n) is 2.16. The molecule has 0 unspecified atom stereocenters. The molecule has 2 amide bonds. The van der Waals surface area contributed by atoms with E-state index in [0.717, 1.165) is 13.0 Å². The van der Waals surface area contributed by atoms with Crippen LogP contribution in [0.2, 0.25) is 0 Å². The highest BCUT2D eigenvalue weighted by Crippen LogP contribution is 2.17. The molecule has 0 fully saturated rings. The number of nitrogens with two attached hydrogens (primary N) is 1. The number of ether oxygens (including phenoxy) is 1. The molecule has 0 saturated carbocycles. The number of nitrogens with one attached hydrogen (secondary N) is 1. The lowest BCUT2D eigenvalue weighted by atomic mass is 10.4. The molecule has 1 aliphatic heterocycles. The monoisotopic (exact) mass is 224 g/mol. The lowest BCUT2D eigenvalue weighted by Crippen LogP contribution is -2.33. The zero-order chi connectivity index (χ0) is 11.5. The first-order valence-electron chi connectivity index (χ1n) is 4.94. The number of hydrogen-bond donors (Lipinski definition) is 2. The van der Waals surface area contributed by atoms with Crippen molar-refractivity contribution in [2.24, 2.45) is 5.73 Å². The van der Waals surface area contributed by atoms with E-state index in [1.165, 1.54) is 0 Å². The second kappa shape index (κ2) is 4.21.